The molecule has 4 heteroatoms. The average molecular weight is 295 g/mol. The first-order valence-corrected chi connectivity index (χ1v) is 6.85. The van der Waals surface area contributed by atoms with E-state index in [2.05, 4.69) is 31.5 Å². The number of imidazole rings is 1. The Morgan fingerprint density at radius 3 is 2.94 bits per heavy atom. The van der Waals surface area contributed by atoms with Gasteiger partial charge in [0, 0.05) is 4.47 Å². The summed E-state index contributed by atoms with van der Waals surface area (Å²) in [6, 6.07) is 6.29. The van der Waals surface area contributed by atoms with Crippen LogP contribution in [-0.2, 0) is 0 Å². The van der Waals surface area contributed by atoms with Gasteiger partial charge in [0.15, 0.2) is 0 Å². The van der Waals surface area contributed by atoms with Crippen molar-refractivity contribution in [2.75, 3.05) is 0 Å². The number of aliphatic hydroxyl groups is 1. The largest absolute Gasteiger partial charge is 0.391 e. The van der Waals surface area contributed by atoms with Gasteiger partial charge < -0.3 is 9.67 Å². The van der Waals surface area contributed by atoms with Gasteiger partial charge >= 0.3 is 0 Å². The molecule has 2 unspecified atom stereocenters. The number of benzene rings is 1. The SMILES string of the molecule is OC1CCCCC1n1cnc2cc(Br)ccc21. The van der Waals surface area contributed by atoms with E-state index in [-0.39, 0.29) is 12.1 Å². The van der Waals surface area contributed by atoms with Crippen molar-refractivity contribution in [1.82, 2.24) is 9.55 Å². The second kappa shape index (κ2) is 4.42. The van der Waals surface area contributed by atoms with Crippen LogP contribution < -0.4 is 0 Å². The molecule has 2 aromatic rings. The second-order valence-electron chi connectivity index (χ2n) is 4.70. The monoisotopic (exact) mass is 294 g/mol. The van der Waals surface area contributed by atoms with Crippen molar-refractivity contribution in [2.24, 2.45) is 0 Å². The summed E-state index contributed by atoms with van der Waals surface area (Å²) in [6.45, 7) is 0. The van der Waals surface area contributed by atoms with Crippen molar-refractivity contribution in [3.8, 4) is 0 Å². The molecule has 1 aromatic heterocycles. The molecule has 3 nitrogen and oxygen atoms in total. The molecule has 17 heavy (non-hydrogen) atoms. The molecule has 90 valence electrons. The van der Waals surface area contributed by atoms with Crippen LogP contribution in [0.3, 0.4) is 0 Å². The summed E-state index contributed by atoms with van der Waals surface area (Å²) in [6.07, 6.45) is 5.90. The number of halogens is 1. The first-order valence-electron chi connectivity index (χ1n) is 6.06. The van der Waals surface area contributed by atoms with Crippen LogP contribution in [0.5, 0.6) is 0 Å². The number of fused-ring (bicyclic) bond motifs is 1. The van der Waals surface area contributed by atoms with Gasteiger partial charge in [-0.2, -0.15) is 0 Å². The summed E-state index contributed by atoms with van der Waals surface area (Å²) in [5.41, 5.74) is 2.09. The van der Waals surface area contributed by atoms with E-state index in [9.17, 15) is 5.11 Å². The van der Waals surface area contributed by atoms with Gasteiger partial charge in [-0.1, -0.05) is 28.8 Å². The molecule has 1 N–H and O–H groups in total. The van der Waals surface area contributed by atoms with Crippen LogP contribution in [0.1, 0.15) is 31.7 Å². The van der Waals surface area contributed by atoms with E-state index in [0.717, 1.165) is 34.8 Å². The van der Waals surface area contributed by atoms with E-state index < -0.39 is 0 Å². The third kappa shape index (κ3) is 2.00. The van der Waals surface area contributed by atoms with Gasteiger partial charge in [-0.15, -0.1) is 0 Å². The summed E-state index contributed by atoms with van der Waals surface area (Å²) >= 11 is 3.45. The molecule has 2 atom stereocenters. The van der Waals surface area contributed by atoms with Gasteiger partial charge in [-0.25, -0.2) is 4.98 Å². The van der Waals surface area contributed by atoms with Crippen LogP contribution >= 0.6 is 15.9 Å². The highest BCUT2D eigenvalue weighted by Gasteiger charge is 2.25. The molecular weight excluding hydrogens is 280 g/mol. The Morgan fingerprint density at radius 2 is 2.12 bits per heavy atom. The zero-order valence-electron chi connectivity index (χ0n) is 9.51. The normalized spacial score (nSPS) is 25.3. The molecule has 1 aliphatic carbocycles. The van der Waals surface area contributed by atoms with E-state index in [4.69, 9.17) is 0 Å². The summed E-state index contributed by atoms with van der Waals surface area (Å²) in [7, 11) is 0. The molecule has 0 amide bonds. The highest BCUT2D eigenvalue weighted by Crippen LogP contribution is 2.31. The number of nitrogens with zero attached hydrogens (tertiary/aromatic N) is 2. The fraction of sp³-hybridized carbons (Fsp3) is 0.462. The van der Waals surface area contributed by atoms with E-state index in [1.807, 2.05) is 18.5 Å². The summed E-state index contributed by atoms with van der Waals surface area (Å²) < 4.78 is 3.17. The molecule has 3 rings (SSSR count). The Morgan fingerprint density at radius 1 is 1.29 bits per heavy atom. The van der Waals surface area contributed by atoms with Crippen molar-refractivity contribution < 1.29 is 5.11 Å². The molecule has 0 spiro atoms. The minimum Gasteiger partial charge on any atom is -0.391 e. The Hall–Kier alpha value is -0.870. The molecule has 1 aromatic carbocycles. The smallest absolute Gasteiger partial charge is 0.0961 e. The topological polar surface area (TPSA) is 38.0 Å². The first kappa shape index (κ1) is 11.2. The Labute approximate surface area is 109 Å². The molecule has 0 radical (unpaired) electrons. The van der Waals surface area contributed by atoms with Gasteiger partial charge in [0.1, 0.15) is 0 Å². The molecule has 1 saturated carbocycles. The first-order chi connectivity index (χ1) is 8.25. The van der Waals surface area contributed by atoms with Crippen LogP contribution in [0.2, 0.25) is 0 Å². The Balaban J connectivity index is 2.05. The number of rotatable bonds is 1. The average Bonchev–Trinajstić information content (AvgIpc) is 2.72. The van der Waals surface area contributed by atoms with Crippen LogP contribution in [0.15, 0.2) is 29.0 Å². The third-order valence-electron chi connectivity index (χ3n) is 3.59. The minimum atomic E-state index is -0.232. The van der Waals surface area contributed by atoms with Crippen LogP contribution in [-0.4, -0.2) is 20.8 Å². The number of hydrogen-bond acceptors (Lipinski definition) is 2. The molecule has 0 saturated heterocycles. The van der Waals surface area contributed by atoms with Gasteiger partial charge in [-0.3, -0.25) is 0 Å². The Bertz CT molecular complexity index is 537. The second-order valence-corrected chi connectivity index (χ2v) is 5.62. The molecule has 0 bridgehead atoms. The van der Waals surface area contributed by atoms with Crippen LogP contribution in [0.25, 0.3) is 11.0 Å². The maximum Gasteiger partial charge on any atom is 0.0961 e. The predicted molar refractivity (Wildman–Crippen MR) is 70.9 cm³/mol. The lowest BCUT2D eigenvalue weighted by molar-refractivity contribution is 0.0773. The fourth-order valence-corrected chi connectivity index (χ4v) is 3.03. The van der Waals surface area contributed by atoms with Gasteiger partial charge in [0.2, 0.25) is 0 Å². The molecular formula is C13H15BrN2O. The van der Waals surface area contributed by atoms with Gasteiger partial charge in [-0.05, 0) is 31.0 Å². The van der Waals surface area contributed by atoms with Crippen molar-refractivity contribution in [1.29, 1.82) is 0 Å². The van der Waals surface area contributed by atoms with E-state index in [1.165, 1.54) is 6.42 Å². The maximum atomic E-state index is 10.1. The minimum absolute atomic E-state index is 0.190. The van der Waals surface area contributed by atoms with Crippen LogP contribution in [0.4, 0.5) is 0 Å². The standard InChI is InChI=1S/C13H15BrN2O/c14-9-5-6-11-10(7-9)15-8-16(11)12-3-1-2-4-13(12)17/h5-8,12-13,17H,1-4H2. The fourth-order valence-electron chi connectivity index (χ4n) is 2.69. The highest BCUT2D eigenvalue weighted by molar-refractivity contribution is 9.10. The van der Waals surface area contributed by atoms with Crippen LogP contribution in [0, 0.1) is 0 Å². The quantitative estimate of drug-likeness (QED) is 0.876. The van der Waals surface area contributed by atoms with E-state index in [0.29, 0.717) is 0 Å². The molecule has 0 aliphatic heterocycles. The molecule has 1 heterocycles. The van der Waals surface area contributed by atoms with Crippen molar-refractivity contribution >= 4 is 27.0 Å². The lowest BCUT2D eigenvalue weighted by atomic mass is 9.92. The van der Waals surface area contributed by atoms with E-state index in [1.54, 1.807) is 0 Å². The number of hydrogen-bond donors (Lipinski definition) is 1. The summed E-state index contributed by atoms with van der Waals surface area (Å²) in [4.78, 5) is 4.41. The lowest BCUT2D eigenvalue weighted by Crippen LogP contribution is -2.27. The summed E-state index contributed by atoms with van der Waals surface area (Å²) in [5.74, 6) is 0. The summed E-state index contributed by atoms with van der Waals surface area (Å²) in [5, 5.41) is 10.1. The van der Waals surface area contributed by atoms with E-state index >= 15 is 0 Å². The van der Waals surface area contributed by atoms with Crippen molar-refractivity contribution in [3.63, 3.8) is 0 Å². The number of aromatic nitrogens is 2. The van der Waals surface area contributed by atoms with Gasteiger partial charge in [0.25, 0.3) is 0 Å². The highest BCUT2D eigenvalue weighted by atomic mass is 79.9. The van der Waals surface area contributed by atoms with Crippen molar-refractivity contribution in [2.45, 2.75) is 37.8 Å². The lowest BCUT2D eigenvalue weighted by Gasteiger charge is -2.29. The zero-order chi connectivity index (χ0) is 11.8. The van der Waals surface area contributed by atoms with Crippen molar-refractivity contribution in [3.05, 3.63) is 29.0 Å². The predicted octanol–water partition coefficient (Wildman–Crippen LogP) is 3.27. The third-order valence-corrected chi connectivity index (χ3v) is 4.08. The molecule has 1 fully saturated rings. The zero-order valence-corrected chi connectivity index (χ0v) is 11.1. The molecule has 1 aliphatic rings. The maximum absolute atomic E-state index is 10.1. The van der Waals surface area contributed by atoms with Gasteiger partial charge in [0.05, 0.1) is 29.5 Å². The Kier molecular flexibility index (Phi) is 2.92. The number of aliphatic hydroxyl groups excluding tert-OH is 1.